The second-order valence-corrected chi connectivity index (χ2v) is 4.75. The van der Waals surface area contributed by atoms with Gasteiger partial charge < -0.3 is 10.2 Å². The molecule has 16 heavy (non-hydrogen) atoms. The van der Waals surface area contributed by atoms with Crippen LogP contribution < -0.4 is 10.2 Å². The molecule has 86 valence electrons. The second kappa shape index (κ2) is 4.37. The highest BCUT2D eigenvalue weighted by molar-refractivity contribution is 5.39. The van der Waals surface area contributed by atoms with Gasteiger partial charge in [0.2, 0.25) is 0 Å². The molecule has 1 saturated carbocycles. The lowest BCUT2D eigenvalue weighted by Crippen LogP contribution is -2.39. The Balaban J connectivity index is 1.63. The number of aromatic nitrogens is 2. The molecule has 2 heterocycles. The summed E-state index contributed by atoms with van der Waals surface area (Å²) in [5.74, 6) is 1.03. The van der Waals surface area contributed by atoms with Crippen molar-refractivity contribution in [1.82, 2.24) is 15.5 Å². The lowest BCUT2D eigenvalue weighted by molar-refractivity contribution is 0.567. The zero-order valence-corrected chi connectivity index (χ0v) is 9.47. The molecule has 3 rings (SSSR count). The van der Waals surface area contributed by atoms with Crippen molar-refractivity contribution >= 4 is 5.82 Å². The standard InChI is InChI=1S/C12H18N4/c1-4-12(15-14-7-1)16-8-2-3-11(16)9-13-10-5-6-10/h1,4,7,10-11,13H,2-3,5-6,8-9H2. The molecule has 1 aliphatic carbocycles. The fourth-order valence-corrected chi connectivity index (χ4v) is 2.39. The van der Waals surface area contributed by atoms with Crippen molar-refractivity contribution in [2.45, 2.75) is 37.8 Å². The van der Waals surface area contributed by atoms with Gasteiger partial charge in [0.25, 0.3) is 0 Å². The molecule has 0 radical (unpaired) electrons. The molecule has 1 unspecified atom stereocenters. The lowest BCUT2D eigenvalue weighted by Gasteiger charge is -2.25. The molecular formula is C12H18N4. The van der Waals surface area contributed by atoms with Gasteiger partial charge in [0.05, 0.1) is 0 Å². The first-order valence-electron chi connectivity index (χ1n) is 6.21. The molecule has 1 atom stereocenters. The highest BCUT2D eigenvalue weighted by Gasteiger charge is 2.28. The van der Waals surface area contributed by atoms with Crippen LogP contribution in [0.5, 0.6) is 0 Å². The third-order valence-electron chi connectivity index (χ3n) is 3.45. The predicted octanol–water partition coefficient (Wildman–Crippen LogP) is 1.20. The third kappa shape index (κ3) is 2.16. The molecule has 0 spiro atoms. The van der Waals surface area contributed by atoms with Crippen LogP contribution in [0.4, 0.5) is 5.82 Å². The average Bonchev–Trinajstić information content (AvgIpc) is 3.05. The summed E-state index contributed by atoms with van der Waals surface area (Å²) < 4.78 is 0. The van der Waals surface area contributed by atoms with Gasteiger partial charge in [-0.25, -0.2) is 0 Å². The van der Waals surface area contributed by atoms with Gasteiger partial charge in [0.15, 0.2) is 5.82 Å². The van der Waals surface area contributed by atoms with Crippen molar-refractivity contribution in [2.24, 2.45) is 0 Å². The van der Waals surface area contributed by atoms with Gasteiger partial charge in [-0.15, -0.1) is 5.10 Å². The van der Waals surface area contributed by atoms with Gasteiger partial charge in [-0.3, -0.25) is 0 Å². The molecule has 1 N–H and O–H groups in total. The molecule has 2 fully saturated rings. The minimum atomic E-state index is 0.609. The molecule has 1 aromatic heterocycles. The molecule has 4 heteroatoms. The van der Waals surface area contributed by atoms with Crippen molar-refractivity contribution < 1.29 is 0 Å². The van der Waals surface area contributed by atoms with E-state index in [1.54, 1.807) is 6.20 Å². The number of hydrogen-bond donors (Lipinski definition) is 1. The summed E-state index contributed by atoms with van der Waals surface area (Å²) in [6, 6.07) is 5.43. The maximum Gasteiger partial charge on any atom is 0.151 e. The van der Waals surface area contributed by atoms with E-state index in [4.69, 9.17) is 0 Å². The van der Waals surface area contributed by atoms with E-state index < -0.39 is 0 Å². The summed E-state index contributed by atoms with van der Waals surface area (Å²) in [5.41, 5.74) is 0. The number of nitrogens with one attached hydrogen (secondary N) is 1. The first-order valence-corrected chi connectivity index (χ1v) is 6.21. The highest BCUT2D eigenvalue weighted by atomic mass is 15.3. The topological polar surface area (TPSA) is 41.1 Å². The van der Waals surface area contributed by atoms with Crippen LogP contribution in [0.1, 0.15) is 25.7 Å². The van der Waals surface area contributed by atoms with E-state index in [0.717, 1.165) is 24.9 Å². The summed E-state index contributed by atoms with van der Waals surface area (Å²) in [6.07, 6.45) is 7.00. The van der Waals surface area contributed by atoms with Crippen molar-refractivity contribution in [3.8, 4) is 0 Å². The predicted molar refractivity (Wildman–Crippen MR) is 63.4 cm³/mol. The highest BCUT2D eigenvalue weighted by Crippen LogP contribution is 2.24. The van der Waals surface area contributed by atoms with E-state index >= 15 is 0 Å². The quantitative estimate of drug-likeness (QED) is 0.824. The first-order chi connectivity index (χ1) is 7.93. The van der Waals surface area contributed by atoms with Crippen LogP contribution >= 0.6 is 0 Å². The minimum Gasteiger partial charge on any atom is -0.351 e. The van der Waals surface area contributed by atoms with E-state index in [1.807, 2.05) is 6.07 Å². The minimum absolute atomic E-state index is 0.609. The van der Waals surface area contributed by atoms with E-state index in [0.29, 0.717) is 6.04 Å². The summed E-state index contributed by atoms with van der Waals surface area (Å²) >= 11 is 0. The van der Waals surface area contributed by atoms with Crippen LogP contribution in [0, 0.1) is 0 Å². The van der Waals surface area contributed by atoms with E-state index in [-0.39, 0.29) is 0 Å². The van der Waals surface area contributed by atoms with Crippen molar-refractivity contribution in [3.63, 3.8) is 0 Å². The zero-order valence-electron chi connectivity index (χ0n) is 9.47. The zero-order chi connectivity index (χ0) is 10.8. The van der Waals surface area contributed by atoms with Gasteiger partial charge in [-0.1, -0.05) is 0 Å². The van der Waals surface area contributed by atoms with Crippen molar-refractivity contribution in [1.29, 1.82) is 0 Å². The molecule has 0 bridgehead atoms. The molecule has 0 aromatic carbocycles. The van der Waals surface area contributed by atoms with Gasteiger partial charge in [0, 0.05) is 31.4 Å². The van der Waals surface area contributed by atoms with Crippen LogP contribution in [0.2, 0.25) is 0 Å². The third-order valence-corrected chi connectivity index (χ3v) is 3.45. The Hall–Kier alpha value is -1.16. The molecule has 1 saturated heterocycles. The fraction of sp³-hybridized carbons (Fsp3) is 0.667. The van der Waals surface area contributed by atoms with Gasteiger partial charge in [0.1, 0.15) is 0 Å². The molecule has 0 amide bonds. The summed E-state index contributed by atoms with van der Waals surface area (Å²) in [7, 11) is 0. The molecule has 1 aromatic rings. The largest absolute Gasteiger partial charge is 0.351 e. The summed E-state index contributed by atoms with van der Waals surface area (Å²) in [6.45, 7) is 2.22. The van der Waals surface area contributed by atoms with E-state index in [2.05, 4.69) is 26.5 Å². The van der Waals surface area contributed by atoms with Gasteiger partial charge in [-0.05, 0) is 37.8 Å². The smallest absolute Gasteiger partial charge is 0.151 e. The van der Waals surface area contributed by atoms with Gasteiger partial charge in [-0.2, -0.15) is 5.10 Å². The average molecular weight is 218 g/mol. The molecule has 2 aliphatic rings. The van der Waals surface area contributed by atoms with Crippen LogP contribution in [0.3, 0.4) is 0 Å². The Bertz CT molecular complexity index is 336. The number of anilines is 1. The summed E-state index contributed by atoms with van der Waals surface area (Å²) in [5, 5.41) is 11.8. The van der Waals surface area contributed by atoms with Crippen LogP contribution in [0.15, 0.2) is 18.3 Å². The maximum atomic E-state index is 4.20. The van der Waals surface area contributed by atoms with Crippen LogP contribution in [-0.4, -0.2) is 35.4 Å². The number of rotatable bonds is 4. The van der Waals surface area contributed by atoms with Crippen molar-refractivity contribution in [2.75, 3.05) is 18.0 Å². The molecule has 1 aliphatic heterocycles. The molecule has 4 nitrogen and oxygen atoms in total. The van der Waals surface area contributed by atoms with Gasteiger partial charge >= 0.3 is 0 Å². The fourth-order valence-electron chi connectivity index (χ4n) is 2.39. The Labute approximate surface area is 96.1 Å². The number of nitrogens with zero attached hydrogens (tertiary/aromatic N) is 3. The maximum absolute atomic E-state index is 4.20. The van der Waals surface area contributed by atoms with E-state index in [1.165, 1.54) is 25.7 Å². The lowest BCUT2D eigenvalue weighted by atomic mass is 10.2. The van der Waals surface area contributed by atoms with E-state index in [9.17, 15) is 0 Å². The Kier molecular flexibility index (Phi) is 2.74. The molecular weight excluding hydrogens is 200 g/mol. The van der Waals surface area contributed by atoms with Crippen LogP contribution in [0.25, 0.3) is 0 Å². The Morgan fingerprint density at radius 1 is 1.38 bits per heavy atom. The Morgan fingerprint density at radius 2 is 2.31 bits per heavy atom. The normalized spacial score (nSPS) is 25.0. The first kappa shape index (κ1) is 10.0. The number of hydrogen-bond acceptors (Lipinski definition) is 4. The van der Waals surface area contributed by atoms with Crippen molar-refractivity contribution in [3.05, 3.63) is 18.3 Å². The van der Waals surface area contributed by atoms with Crippen LogP contribution in [-0.2, 0) is 0 Å². The summed E-state index contributed by atoms with van der Waals surface area (Å²) in [4.78, 5) is 2.39. The monoisotopic (exact) mass is 218 g/mol. The second-order valence-electron chi connectivity index (χ2n) is 4.75. The Morgan fingerprint density at radius 3 is 3.06 bits per heavy atom. The SMILES string of the molecule is c1cnnc(N2CCCC2CNC2CC2)c1.